The van der Waals surface area contributed by atoms with Gasteiger partial charge in [0, 0.05) is 39.4 Å². The van der Waals surface area contributed by atoms with E-state index in [0.717, 1.165) is 23.4 Å². The molecule has 12 nitrogen and oxygen atoms in total. The number of thiazole rings is 1. The minimum atomic E-state index is -0.832. The molecule has 4 amide bonds. The summed E-state index contributed by atoms with van der Waals surface area (Å²) in [6, 6.07) is -1.10. The Labute approximate surface area is 303 Å². The summed E-state index contributed by atoms with van der Waals surface area (Å²) in [6.07, 6.45) is 8.61. The molecule has 1 saturated heterocycles. The van der Waals surface area contributed by atoms with Crippen molar-refractivity contribution in [2.45, 2.75) is 103 Å². The molecule has 0 aliphatic carbocycles. The zero-order valence-corrected chi connectivity index (χ0v) is 32.3. The quantitative estimate of drug-likeness (QED) is 0.162. The van der Waals surface area contributed by atoms with E-state index in [1.807, 2.05) is 32.2 Å². The normalized spacial score (nSPS) is 18.7. The zero-order valence-electron chi connectivity index (χ0n) is 31.5. The Morgan fingerprint density at radius 1 is 1.18 bits per heavy atom. The van der Waals surface area contributed by atoms with Gasteiger partial charge in [0.15, 0.2) is 0 Å². The maximum atomic E-state index is 14.0. The highest BCUT2D eigenvalue weighted by atomic mass is 32.1. The summed E-state index contributed by atoms with van der Waals surface area (Å²) in [5.41, 5.74) is 0.0871. The number of hydrogen-bond acceptors (Lipinski definition) is 9. The molecule has 0 bridgehead atoms. The summed E-state index contributed by atoms with van der Waals surface area (Å²) in [6.45, 7) is 17.4. The number of amides is 4. The van der Waals surface area contributed by atoms with Crippen LogP contribution in [-0.4, -0.2) is 110 Å². The third-order valence-corrected chi connectivity index (χ3v) is 10.9. The van der Waals surface area contributed by atoms with Crippen molar-refractivity contribution in [2.24, 2.45) is 11.8 Å². The SMILES string of the molecule is C=C/C=C(\C=C)CC(NC(=O)C(C)C(OC)C1CCCN1C(=O)CC(OC)C(C(C)CC)N(C)C(=O)CNC(=O)C(C)(C)NC)c1nccs1. The Balaban J connectivity index is 2.22. The summed E-state index contributed by atoms with van der Waals surface area (Å²) >= 11 is 1.47. The Morgan fingerprint density at radius 3 is 2.42 bits per heavy atom. The minimum Gasteiger partial charge on any atom is -0.379 e. The van der Waals surface area contributed by atoms with Crippen LogP contribution in [0.5, 0.6) is 0 Å². The second kappa shape index (κ2) is 20.5. The molecule has 7 unspecified atom stereocenters. The van der Waals surface area contributed by atoms with Crippen LogP contribution in [0.15, 0.2) is 48.5 Å². The second-order valence-electron chi connectivity index (χ2n) is 13.5. The fraction of sp³-hybridized carbons (Fsp3) is 0.649. The van der Waals surface area contributed by atoms with Gasteiger partial charge in [0.1, 0.15) is 5.01 Å². The number of carbonyl (C=O) groups is 4. The molecule has 7 atom stereocenters. The number of hydrogen-bond donors (Lipinski definition) is 3. The summed E-state index contributed by atoms with van der Waals surface area (Å²) in [5, 5.41) is 11.5. The number of allylic oxidation sites excluding steroid dienone is 3. The third kappa shape index (κ3) is 11.3. The lowest BCUT2D eigenvalue weighted by molar-refractivity contribution is -0.146. The number of aromatic nitrogens is 1. The van der Waals surface area contributed by atoms with Crippen molar-refractivity contribution >= 4 is 35.0 Å². The zero-order chi connectivity index (χ0) is 37.6. The lowest BCUT2D eigenvalue weighted by Crippen LogP contribution is -2.56. The molecule has 13 heteroatoms. The number of nitrogens with zero attached hydrogens (tertiary/aromatic N) is 3. The first-order chi connectivity index (χ1) is 23.7. The monoisotopic (exact) mass is 716 g/mol. The van der Waals surface area contributed by atoms with Crippen LogP contribution in [0.3, 0.4) is 0 Å². The van der Waals surface area contributed by atoms with Crippen molar-refractivity contribution in [1.29, 1.82) is 0 Å². The summed E-state index contributed by atoms with van der Waals surface area (Å²) in [5.74, 6) is -1.46. The van der Waals surface area contributed by atoms with Gasteiger partial charge in [0.25, 0.3) is 0 Å². The van der Waals surface area contributed by atoms with Crippen molar-refractivity contribution in [2.75, 3.05) is 41.4 Å². The molecular weight excluding hydrogens is 657 g/mol. The number of carbonyl (C=O) groups excluding carboxylic acids is 4. The highest BCUT2D eigenvalue weighted by molar-refractivity contribution is 7.09. The van der Waals surface area contributed by atoms with Gasteiger partial charge in [-0.05, 0) is 51.6 Å². The number of likely N-dealkylation sites (N-methyl/N-ethyl adjacent to an activating group) is 2. The topological polar surface area (TPSA) is 142 Å². The van der Waals surface area contributed by atoms with Gasteiger partial charge < -0.3 is 35.2 Å². The van der Waals surface area contributed by atoms with Crippen LogP contribution in [0.25, 0.3) is 0 Å². The van der Waals surface area contributed by atoms with Gasteiger partial charge in [-0.1, -0.05) is 58.6 Å². The average Bonchev–Trinajstić information content (AvgIpc) is 3.83. The molecule has 0 spiro atoms. The molecule has 280 valence electrons. The molecule has 1 aliphatic rings. The highest BCUT2D eigenvalue weighted by Crippen LogP contribution is 2.30. The number of likely N-dealkylation sites (tertiary alicyclic amines) is 1. The average molecular weight is 717 g/mol. The minimum absolute atomic E-state index is 0.00433. The van der Waals surface area contributed by atoms with E-state index in [9.17, 15) is 19.2 Å². The number of nitrogens with one attached hydrogen (secondary N) is 3. The molecule has 0 radical (unpaired) electrons. The largest absolute Gasteiger partial charge is 0.379 e. The molecule has 0 aromatic carbocycles. The van der Waals surface area contributed by atoms with Gasteiger partial charge in [-0.3, -0.25) is 19.2 Å². The molecule has 1 aromatic rings. The summed E-state index contributed by atoms with van der Waals surface area (Å²) in [4.78, 5) is 61.6. The van der Waals surface area contributed by atoms with Crippen LogP contribution >= 0.6 is 11.3 Å². The highest BCUT2D eigenvalue weighted by Gasteiger charge is 2.42. The Bertz CT molecular complexity index is 1320. The van der Waals surface area contributed by atoms with E-state index < -0.39 is 29.7 Å². The Morgan fingerprint density at radius 2 is 1.88 bits per heavy atom. The molecule has 3 N–H and O–H groups in total. The first-order valence-electron chi connectivity index (χ1n) is 17.4. The Kier molecular flexibility index (Phi) is 17.5. The second-order valence-corrected chi connectivity index (χ2v) is 14.4. The van der Waals surface area contributed by atoms with Gasteiger partial charge >= 0.3 is 0 Å². The fourth-order valence-electron chi connectivity index (χ4n) is 6.46. The van der Waals surface area contributed by atoms with Crippen molar-refractivity contribution in [3.05, 3.63) is 53.5 Å². The van der Waals surface area contributed by atoms with Crippen LogP contribution in [0.4, 0.5) is 0 Å². The third-order valence-electron chi connectivity index (χ3n) is 10.00. The molecule has 1 aromatic heterocycles. The van der Waals surface area contributed by atoms with Crippen LogP contribution in [-0.2, 0) is 28.7 Å². The van der Waals surface area contributed by atoms with Crippen molar-refractivity contribution in [3.63, 3.8) is 0 Å². The molecule has 1 fully saturated rings. The predicted molar refractivity (Wildman–Crippen MR) is 198 cm³/mol. The molecule has 1 aliphatic heterocycles. The lowest BCUT2D eigenvalue weighted by atomic mass is 9.90. The maximum Gasteiger partial charge on any atom is 0.242 e. The molecule has 2 heterocycles. The summed E-state index contributed by atoms with van der Waals surface area (Å²) < 4.78 is 11.9. The molecule has 50 heavy (non-hydrogen) atoms. The van der Waals surface area contributed by atoms with E-state index in [4.69, 9.17) is 9.47 Å². The maximum absolute atomic E-state index is 14.0. The number of ether oxygens (including phenoxy) is 2. The van der Waals surface area contributed by atoms with E-state index in [1.54, 1.807) is 70.3 Å². The van der Waals surface area contributed by atoms with E-state index in [0.29, 0.717) is 19.4 Å². The van der Waals surface area contributed by atoms with E-state index in [1.165, 1.54) is 11.3 Å². The van der Waals surface area contributed by atoms with E-state index in [-0.39, 0.29) is 54.6 Å². The van der Waals surface area contributed by atoms with Crippen LogP contribution in [0.1, 0.15) is 77.8 Å². The van der Waals surface area contributed by atoms with Gasteiger partial charge in [0.2, 0.25) is 23.6 Å². The summed E-state index contributed by atoms with van der Waals surface area (Å²) in [7, 11) is 6.50. The van der Waals surface area contributed by atoms with Gasteiger partial charge in [-0.2, -0.15) is 0 Å². The van der Waals surface area contributed by atoms with Gasteiger partial charge in [-0.15, -0.1) is 11.3 Å². The van der Waals surface area contributed by atoms with Crippen LogP contribution in [0.2, 0.25) is 0 Å². The van der Waals surface area contributed by atoms with E-state index >= 15 is 0 Å². The first-order valence-corrected chi connectivity index (χ1v) is 18.3. The van der Waals surface area contributed by atoms with Crippen LogP contribution < -0.4 is 16.0 Å². The number of methoxy groups -OCH3 is 2. The van der Waals surface area contributed by atoms with Crippen molar-refractivity contribution < 1.29 is 28.7 Å². The molecular formula is C37H60N6O6S. The molecule has 0 saturated carbocycles. The van der Waals surface area contributed by atoms with Gasteiger partial charge in [-0.25, -0.2) is 4.98 Å². The fourth-order valence-corrected chi connectivity index (χ4v) is 7.15. The van der Waals surface area contributed by atoms with Crippen molar-refractivity contribution in [1.82, 2.24) is 30.7 Å². The Hall–Kier alpha value is -3.39. The first kappa shape index (κ1) is 42.8. The predicted octanol–water partition coefficient (Wildman–Crippen LogP) is 4.02. The smallest absolute Gasteiger partial charge is 0.242 e. The van der Waals surface area contributed by atoms with E-state index in [2.05, 4.69) is 34.1 Å². The van der Waals surface area contributed by atoms with Crippen LogP contribution in [0, 0.1) is 11.8 Å². The molecule has 2 rings (SSSR count). The number of rotatable bonds is 21. The lowest BCUT2D eigenvalue weighted by Gasteiger charge is -2.39. The van der Waals surface area contributed by atoms with Gasteiger partial charge in [0.05, 0.1) is 54.8 Å². The standard InChI is InChI=1S/C37H60N6O6S/c1-12-16-26(14-3)21-27(35-39-18-20-50-35)41-34(46)25(5)33(49-11)28-17-15-19-43(28)30(44)22-29(48-10)32(24(4)13-2)42(9)31(45)23-40-36(47)37(6,7)38-8/h12,14,16,18,20,24-25,27-29,32-33,38H,1,3,13,15,17,19,21-23H2,2,4-11H3,(H,40,47)(H,41,46)/b26-16+. The van der Waals surface area contributed by atoms with Crippen molar-refractivity contribution in [3.8, 4) is 0 Å².